The fourth-order valence-electron chi connectivity index (χ4n) is 1.30. The van der Waals surface area contributed by atoms with Gasteiger partial charge in [-0.2, -0.15) is 0 Å². The van der Waals surface area contributed by atoms with Crippen LogP contribution in [0.2, 0.25) is 0 Å². The minimum absolute atomic E-state index is 0.0660. The summed E-state index contributed by atoms with van der Waals surface area (Å²) < 4.78 is 0. The summed E-state index contributed by atoms with van der Waals surface area (Å²) in [6, 6.07) is 3.21. The van der Waals surface area contributed by atoms with E-state index in [0.717, 1.165) is 5.56 Å². The molecule has 1 amide bonds. The zero-order valence-corrected chi connectivity index (χ0v) is 7.19. The predicted octanol–water partition coefficient (Wildman–Crippen LogP) is 0.671. The molecule has 1 aromatic rings. The molecule has 4 nitrogen and oxygen atoms in total. The number of rotatable bonds is 1. The number of carbonyl (C=O) groups is 1. The van der Waals surface area contributed by atoms with E-state index >= 15 is 0 Å². The number of carbonyl (C=O) groups excluding carboxylic acids is 1. The van der Waals surface area contributed by atoms with Crippen molar-refractivity contribution in [2.24, 2.45) is 4.99 Å². The van der Waals surface area contributed by atoms with E-state index in [1.54, 1.807) is 31.5 Å². The van der Waals surface area contributed by atoms with Crippen LogP contribution in [-0.2, 0) is 4.79 Å². The third-order valence-corrected chi connectivity index (χ3v) is 1.90. The SMILES string of the molecule is CC1=NC(c2ccncc2)C(=O)N1. The molecule has 4 heteroatoms. The van der Waals surface area contributed by atoms with Gasteiger partial charge in [-0.1, -0.05) is 0 Å². The van der Waals surface area contributed by atoms with Gasteiger partial charge >= 0.3 is 0 Å². The van der Waals surface area contributed by atoms with Crippen LogP contribution in [0.3, 0.4) is 0 Å². The van der Waals surface area contributed by atoms with Gasteiger partial charge in [-0.05, 0) is 24.6 Å². The van der Waals surface area contributed by atoms with Crippen molar-refractivity contribution >= 4 is 11.7 Å². The molecule has 0 spiro atoms. The lowest BCUT2D eigenvalue weighted by Crippen LogP contribution is -2.23. The van der Waals surface area contributed by atoms with Gasteiger partial charge in [0.15, 0.2) is 6.04 Å². The van der Waals surface area contributed by atoms with Crippen molar-refractivity contribution < 1.29 is 4.79 Å². The molecule has 13 heavy (non-hydrogen) atoms. The molecule has 0 aromatic carbocycles. The summed E-state index contributed by atoms with van der Waals surface area (Å²) in [5, 5.41) is 2.66. The second-order valence-electron chi connectivity index (χ2n) is 2.89. The van der Waals surface area contributed by atoms with Crippen LogP contribution >= 0.6 is 0 Å². The molecule has 66 valence electrons. The molecule has 1 N–H and O–H groups in total. The number of aliphatic imine (C=N–C) groups is 1. The molecule has 0 saturated carbocycles. The number of aromatic nitrogens is 1. The Kier molecular flexibility index (Phi) is 1.81. The highest BCUT2D eigenvalue weighted by Crippen LogP contribution is 2.19. The van der Waals surface area contributed by atoms with Crippen LogP contribution in [0, 0.1) is 0 Å². The molecule has 0 aliphatic carbocycles. The summed E-state index contributed by atoms with van der Waals surface area (Å²) in [6.07, 6.45) is 3.32. The van der Waals surface area contributed by atoms with Gasteiger partial charge in [0.1, 0.15) is 5.84 Å². The first-order valence-corrected chi connectivity index (χ1v) is 4.02. The van der Waals surface area contributed by atoms with Crippen LogP contribution in [0.25, 0.3) is 0 Å². The first kappa shape index (κ1) is 7.91. The molecule has 0 radical (unpaired) electrons. The molecule has 2 rings (SSSR count). The largest absolute Gasteiger partial charge is 0.313 e. The fourth-order valence-corrected chi connectivity index (χ4v) is 1.30. The second kappa shape index (κ2) is 2.97. The molecule has 2 heterocycles. The van der Waals surface area contributed by atoms with Crippen molar-refractivity contribution in [2.45, 2.75) is 13.0 Å². The van der Waals surface area contributed by atoms with Gasteiger partial charge in [0.05, 0.1) is 0 Å². The Balaban J connectivity index is 2.33. The van der Waals surface area contributed by atoms with Crippen molar-refractivity contribution in [2.75, 3.05) is 0 Å². The third kappa shape index (κ3) is 1.42. The summed E-state index contributed by atoms with van der Waals surface area (Å²) in [7, 11) is 0. The van der Waals surface area contributed by atoms with Crippen molar-refractivity contribution in [3.8, 4) is 0 Å². The number of amides is 1. The van der Waals surface area contributed by atoms with Crippen LogP contribution < -0.4 is 5.32 Å². The van der Waals surface area contributed by atoms with Gasteiger partial charge in [-0.25, -0.2) is 0 Å². The van der Waals surface area contributed by atoms with Crippen molar-refractivity contribution in [1.29, 1.82) is 0 Å². The lowest BCUT2D eigenvalue weighted by molar-refractivity contribution is -0.120. The van der Waals surface area contributed by atoms with E-state index in [9.17, 15) is 4.79 Å². The maximum Gasteiger partial charge on any atom is 0.254 e. The highest BCUT2D eigenvalue weighted by Gasteiger charge is 2.25. The molecule has 1 aliphatic heterocycles. The summed E-state index contributed by atoms with van der Waals surface area (Å²) in [6.45, 7) is 1.78. The van der Waals surface area contributed by atoms with Gasteiger partial charge in [0, 0.05) is 12.4 Å². The van der Waals surface area contributed by atoms with Crippen molar-refractivity contribution in [1.82, 2.24) is 10.3 Å². The highest BCUT2D eigenvalue weighted by molar-refractivity contribution is 6.05. The van der Waals surface area contributed by atoms with Gasteiger partial charge in [0.25, 0.3) is 5.91 Å². The van der Waals surface area contributed by atoms with Crippen LogP contribution in [0.15, 0.2) is 29.5 Å². The van der Waals surface area contributed by atoms with Gasteiger partial charge in [-0.3, -0.25) is 14.8 Å². The molecular formula is C9H9N3O. The number of nitrogens with zero attached hydrogens (tertiary/aromatic N) is 2. The van der Waals surface area contributed by atoms with Crippen molar-refractivity contribution in [3.63, 3.8) is 0 Å². The number of hydrogen-bond donors (Lipinski definition) is 1. The number of nitrogens with one attached hydrogen (secondary N) is 1. The topological polar surface area (TPSA) is 54.4 Å². The minimum Gasteiger partial charge on any atom is -0.313 e. The Morgan fingerprint density at radius 2 is 2.08 bits per heavy atom. The maximum absolute atomic E-state index is 11.3. The number of pyridine rings is 1. The smallest absolute Gasteiger partial charge is 0.254 e. The van der Waals surface area contributed by atoms with E-state index in [4.69, 9.17) is 0 Å². The Morgan fingerprint density at radius 3 is 2.62 bits per heavy atom. The van der Waals surface area contributed by atoms with Crippen LogP contribution in [0.1, 0.15) is 18.5 Å². The van der Waals surface area contributed by atoms with Gasteiger partial charge < -0.3 is 5.32 Å². The second-order valence-corrected chi connectivity index (χ2v) is 2.89. The Labute approximate surface area is 75.7 Å². The Bertz CT molecular complexity index is 358. The number of hydrogen-bond acceptors (Lipinski definition) is 3. The van der Waals surface area contributed by atoms with Gasteiger partial charge in [-0.15, -0.1) is 0 Å². The highest BCUT2D eigenvalue weighted by atomic mass is 16.2. The zero-order chi connectivity index (χ0) is 9.26. The zero-order valence-electron chi connectivity index (χ0n) is 7.19. The first-order valence-electron chi connectivity index (χ1n) is 4.02. The Morgan fingerprint density at radius 1 is 1.38 bits per heavy atom. The molecular weight excluding hydrogens is 166 g/mol. The number of amidine groups is 1. The molecule has 1 unspecified atom stereocenters. The summed E-state index contributed by atoms with van der Waals surface area (Å²) in [4.78, 5) is 19.4. The minimum atomic E-state index is -0.386. The van der Waals surface area contributed by atoms with E-state index in [1.807, 2.05) is 0 Å². The molecule has 1 aliphatic rings. The Hall–Kier alpha value is -1.71. The van der Waals surface area contributed by atoms with E-state index in [0.29, 0.717) is 5.84 Å². The summed E-state index contributed by atoms with van der Waals surface area (Å²) in [5.41, 5.74) is 0.879. The molecule has 0 bridgehead atoms. The monoisotopic (exact) mass is 175 g/mol. The fraction of sp³-hybridized carbons (Fsp3) is 0.222. The average molecular weight is 175 g/mol. The first-order chi connectivity index (χ1) is 6.27. The quantitative estimate of drug-likeness (QED) is 0.682. The van der Waals surface area contributed by atoms with Crippen LogP contribution in [-0.4, -0.2) is 16.7 Å². The third-order valence-electron chi connectivity index (χ3n) is 1.90. The summed E-state index contributed by atoms with van der Waals surface area (Å²) >= 11 is 0. The van der Waals surface area contributed by atoms with Crippen LogP contribution in [0.5, 0.6) is 0 Å². The lowest BCUT2D eigenvalue weighted by atomic mass is 10.1. The van der Waals surface area contributed by atoms with Gasteiger partial charge in [0.2, 0.25) is 0 Å². The molecule has 0 saturated heterocycles. The van der Waals surface area contributed by atoms with E-state index in [-0.39, 0.29) is 11.9 Å². The van der Waals surface area contributed by atoms with E-state index in [1.165, 1.54) is 0 Å². The van der Waals surface area contributed by atoms with E-state index < -0.39 is 0 Å². The normalized spacial score (nSPS) is 21.2. The average Bonchev–Trinajstić information content (AvgIpc) is 2.47. The maximum atomic E-state index is 11.3. The lowest BCUT2D eigenvalue weighted by Gasteiger charge is -2.02. The molecule has 0 fully saturated rings. The summed E-state index contributed by atoms with van der Waals surface area (Å²) in [5.74, 6) is 0.607. The molecule has 1 aromatic heterocycles. The standard InChI is InChI=1S/C9H9N3O/c1-6-11-8(9(13)12-6)7-2-4-10-5-3-7/h2-5,8H,1H3,(H,11,12,13). The van der Waals surface area contributed by atoms with Crippen molar-refractivity contribution in [3.05, 3.63) is 30.1 Å². The van der Waals surface area contributed by atoms with Crippen LogP contribution in [0.4, 0.5) is 0 Å². The molecule has 1 atom stereocenters. The van der Waals surface area contributed by atoms with E-state index in [2.05, 4.69) is 15.3 Å². The predicted molar refractivity (Wildman–Crippen MR) is 48.2 cm³/mol.